The van der Waals surface area contributed by atoms with Crippen LogP contribution in [0.2, 0.25) is 0 Å². The molecular formula is C25H22BrN3O5. The highest BCUT2D eigenvalue weighted by Crippen LogP contribution is 2.29. The Labute approximate surface area is 205 Å². The summed E-state index contributed by atoms with van der Waals surface area (Å²) in [5.41, 5.74) is 5.56. The number of esters is 1. The van der Waals surface area contributed by atoms with Gasteiger partial charge in [0.25, 0.3) is 0 Å². The summed E-state index contributed by atoms with van der Waals surface area (Å²) in [5.74, 6) is -1.79. The lowest BCUT2D eigenvalue weighted by atomic mass is 10.1. The summed E-state index contributed by atoms with van der Waals surface area (Å²) in [6, 6.07) is 17.1. The number of nitrogens with one attached hydrogen (secondary N) is 2. The number of nitrogens with zero attached hydrogens (tertiary/aromatic N) is 1. The molecule has 0 aliphatic heterocycles. The molecule has 3 aromatic rings. The lowest BCUT2D eigenvalue weighted by Gasteiger charge is -2.10. The van der Waals surface area contributed by atoms with Gasteiger partial charge < -0.3 is 14.8 Å². The average Bonchev–Trinajstić information content (AvgIpc) is 2.79. The summed E-state index contributed by atoms with van der Waals surface area (Å²) in [5, 5.41) is 6.35. The molecule has 9 heteroatoms. The molecule has 0 fully saturated rings. The Hall–Kier alpha value is -3.98. The van der Waals surface area contributed by atoms with E-state index in [1.165, 1.54) is 13.3 Å². The van der Waals surface area contributed by atoms with E-state index in [4.69, 9.17) is 9.47 Å². The van der Waals surface area contributed by atoms with Crippen LogP contribution in [0.4, 0.5) is 5.69 Å². The molecule has 0 atom stereocenters. The van der Waals surface area contributed by atoms with Gasteiger partial charge in [-0.25, -0.2) is 10.2 Å². The third kappa shape index (κ3) is 6.52. The monoisotopic (exact) mass is 523 g/mol. The van der Waals surface area contributed by atoms with Gasteiger partial charge in [0.05, 0.1) is 18.9 Å². The van der Waals surface area contributed by atoms with Crippen molar-refractivity contribution in [1.82, 2.24) is 5.43 Å². The maximum absolute atomic E-state index is 12.4. The second-order valence-corrected chi connectivity index (χ2v) is 8.16. The molecule has 0 aliphatic rings. The number of halogens is 1. The molecule has 0 unspecified atom stereocenters. The van der Waals surface area contributed by atoms with Crippen LogP contribution in [0.25, 0.3) is 0 Å². The first-order chi connectivity index (χ1) is 16.3. The van der Waals surface area contributed by atoms with Crippen LogP contribution < -0.4 is 20.2 Å². The van der Waals surface area contributed by atoms with E-state index < -0.39 is 17.8 Å². The number of methoxy groups -OCH3 is 1. The topological polar surface area (TPSA) is 106 Å². The molecule has 8 nitrogen and oxygen atoms in total. The van der Waals surface area contributed by atoms with Gasteiger partial charge in [0, 0.05) is 10.2 Å². The number of hydrogen-bond acceptors (Lipinski definition) is 6. The molecule has 3 rings (SSSR count). The Balaban J connectivity index is 1.62. The van der Waals surface area contributed by atoms with Crippen molar-refractivity contribution in [3.05, 3.63) is 87.4 Å². The molecule has 0 heterocycles. The second kappa shape index (κ2) is 11.2. The molecule has 0 saturated heterocycles. The van der Waals surface area contributed by atoms with Crippen molar-refractivity contribution in [2.45, 2.75) is 13.8 Å². The van der Waals surface area contributed by atoms with Crippen LogP contribution in [-0.2, 0) is 9.59 Å². The highest BCUT2D eigenvalue weighted by Gasteiger charge is 2.16. The molecule has 0 saturated carbocycles. The maximum Gasteiger partial charge on any atom is 0.344 e. The molecule has 0 aliphatic carbocycles. The van der Waals surface area contributed by atoms with Gasteiger partial charge in [0.2, 0.25) is 0 Å². The van der Waals surface area contributed by atoms with E-state index >= 15 is 0 Å². The van der Waals surface area contributed by atoms with Gasteiger partial charge >= 0.3 is 17.8 Å². The molecule has 174 valence electrons. The van der Waals surface area contributed by atoms with Crippen molar-refractivity contribution in [3.63, 3.8) is 0 Å². The van der Waals surface area contributed by atoms with Crippen LogP contribution in [-0.4, -0.2) is 31.1 Å². The van der Waals surface area contributed by atoms with E-state index in [1.54, 1.807) is 54.6 Å². The fourth-order valence-corrected chi connectivity index (χ4v) is 3.53. The number of amides is 2. The Morgan fingerprint density at radius 1 is 0.912 bits per heavy atom. The molecule has 0 radical (unpaired) electrons. The van der Waals surface area contributed by atoms with Gasteiger partial charge in [-0.3, -0.25) is 9.59 Å². The molecule has 3 aromatic carbocycles. The number of hydrazone groups is 1. The van der Waals surface area contributed by atoms with Gasteiger partial charge in [-0.05, 0) is 88.9 Å². The van der Waals surface area contributed by atoms with Crippen molar-refractivity contribution in [2.24, 2.45) is 5.10 Å². The predicted molar refractivity (Wildman–Crippen MR) is 132 cm³/mol. The lowest BCUT2D eigenvalue weighted by molar-refractivity contribution is -0.136. The predicted octanol–water partition coefficient (Wildman–Crippen LogP) is 4.38. The zero-order valence-corrected chi connectivity index (χ0v) is 20.3. The quantitative estimate of drug-likeness (QED) is 0.164. The minimum Gasteiger partial charge on any atom is -0.493 e. The summed E-state index contributed by atoms with van der Waals surface area (Å²) in [7, 11) is 1.44. The van der Waals surface area contributed by atoms with Crippen LogP contribution in [0.3, 0.4) is 0 Å². The Bertz CT molecular complexity index is 1250. The molecule has 2 amide bonds. The minimum absolute atomic E-state index is 0.220. The van der Waals surface area contributed by atoms with Gasteiger partial charge in [-0.1, -0.05) is 18.2 Å². The van der Waals surface area contributed by atoms with Gasteiger partial charge in [-0.2, -0.15) is 5.10 Å². The number of anilines is 1. The first kappa shape index (κ1) is 24.7. The van der Waals surface area contributed by atoms with Crippen molar-refractivity contribution < 1.29 is 23.9 Å². The smallest absolute Gasteiger partial charge is 0.344 e. The molecule has 0 aromatic heterocycles. The van der Waals surface area contributed by atoms with E-state index in [2.05, 4.69) is 31.8 Å². The summed E-state index contributed by atoms with van der Waals surface area (Å²) in [6.07, 6.45) is 1.34. The number of ether oxygens (including phenoxy) is 2. The SMILES string of the molecule is COc1cc(C=NNC(=O)C(=O)Nc2cc(C)cc(C)c2)ccc1OC(=O)c1ccccc1Br. The van der Waals surface area contributed by atoms with Gasteiger partial charge in [0.1, 0.15) is 0 Å². The molecule has 0 spiro atoms. The van der Waals surface area contributed by atoms with Crippen LogP contribution in [0.5, 0.6) is 11.5 Å². The van der Waals surface area contributed by atoms with Crippen molar-refractivity contribution in [2.75, 3.05) is 12.4 Å². The summed E-state index contributed by atoms with van der Waals surface area (Å²) >= 11 is 3.32. The Kier molecular flexibility index (Phi) is 8.15. The maximum atomic E-state index is 12.4. The first-order valence-corrected chi connectivity index (χ1v) is 10.9. The largest absolute Gasteiger partial charge is 0.493 e. The van der Waals surface area contributed by atoms with Crippen molar-refractivity contribution >= 4 is 45.6 Å². The normalized spacial score (nSPS) is 10.6. The molecular weight excluding hydrogens is 502 g/mol. The third-order valence-corrected chi connectivity index (χ3v) is 5.24. The molecule has 2 N–H and O–H groups in total. The molecule has 34 heavy (non-hydrogen) atoms. The fourth-order valence-electron chi connectivity index (χ4n) is 3.08. The summed E-state index contributed by atoms with van der Waals surface area (Å²) in [4.78, 5) is 36.6. The zero-order valence-electron chi connectivity index (χ0n) is 18.7. The number of rotatable bonds is 6. The summed E-state index contributed by atoms with van der Waals surface area (Å²) in [6.45, 7) is 3.79. The first-order valence-electron chi connectivity index (χ1n) is 10.1. The minimum atomic E-state index is -0.915. The van der Waals surface area contributed by atoms with Gasteiger partial charge in [-0.15, -0.1) is 0 Å². The number of benzene rings is 3. The Morgan fingerprint density at radius 3 is 2.29 bits per heavy atom. The van der Waals surface area contributed by atoms with Crippen molar-refractivity contribution in [3.8, 4) is 11.5 Å². The highest BCUT2D eigenvalue weighted by atomic mass is 79.9. The van der Waals surface area contributed by atoms with E-state index in [1.807, 2.05) is 19.9 Å². The number of aryl methyl sites for hydroxylation is 2. The highest BCUT2D eigenvalue weighted by molar-refractivity contribution is 9.10. The van der Waals surface area contributed by atoms with E-state index in [0.29, 0.717) is 27.0 Å². The fraction of sp³-hybridized carbons (Fsp3) is 0.120. The van der Waals surface area contributed by atoms with Crippen molar-refractivity contribution in [1.29, 1.82) is 0 Å². The summed E-state index contributed by atoms with van der Waals surface area (Å²) < 4.78 is 11.4. The lowest BCUT2D eigenvalue weighted by Crippen LogP contribution is -2.32. The van der Waals surface area contributed by atoms with E-state index in [9.17, 15) is 14.4 Å². The average molecular weight is 524 g/mol. The van der Waals surface area contributed by atoms with Gasteiger partial charge in [0.15, 0.2) is 11.5 Å². The van der Waals surface area contributed by atoms with Crippen LogP contribution in [0.15, 0.2) is 70.2 Å². The second-order valence-electron chi connectivity index (χ2n) is 7.31. The number of carbonyl (C=O) groups excluding carboxylic acids is 3. The number of hydrogen-bond donors (Lipinski definition) is 2. The zero-order chi connectivity index (χ0) is 24.7. The van der Waals surface area contributed by atoms with E-state index in [0.717, 1.165) is 11.1 Å². The van der Waals surface area contributed by atoms with Crippen LogP contribution >= 0.6 is 15.9 Å². The number of carbonyl (C=O) groups is 3. The third-order valence-electron chi connectivity index (χ3n) is 4.55. The Morgan fingerprint density at radius 2 is 1.62 bits per heavy atom. The van der Waals surface area contributed by atoms with Crippen LogP contribution in [0, 0.1) is 13.8 Å². The van der Waals surface area contributed by atoms with E-state index in [-0.39, 0.29) is 5.75 Å². The standard InChI is InChI=1S/C25H22BrN3O5/c1-15-10-16(2)12-18(11-15)28-23(30)24(31)29-27-14-17-8-9-21(22(13-17)33-3)34-25(32)19-6-4-5-7-20(19)26/h4-14H,1-3H3,(H,28,30)(H,29,31). The molecule has 0 bridgehead atoms. The van der Waals surface area contributed by atoms with Crippen LogP contribution in [0.1, 0.15) is 27.0 Å².